The molecule has 0 saturated heterocycles. The molecule has 0 unspecified atom stereocenters. The molecular weight excluding hydrogens is 458 g/mol. The van der Waals surface area contributed by atoms with Gasteiger partial charge in [-0.3, -0.25) is 0 Å². The van der Waals surface area contributed by atoms with E-state index in [1.165, 1.54) is 30.5 Å². The molecule has 0 bridgehead atoms. The number of hydrogen-bond acceptors (Lipinski definition) is 7. The number of rotatable bonds is 6. The second-order valence-electron chi connectivity index (χ2n) is 9.63. The van der Waals surface area contributed by atoms with Gasteiger partial charge in [-0.1, -0.05) is 0 Å². The van der Waals surface area contributed by atoms with E-state index in [2.05, 4.69) is 39.9 Å². The Kier molecular flexibility index (Phi) is 7.13. The maximum Gasteiger partial charge on any atom is 0.225 e. The van der Waals surface area contributed by atoms with Crippen molar-refractivity contribution < 1.29 is 4.42 Å². The van der Waals surface area contributed by atoms with Gasteiger partial charge in [0.25, 0.3) is 0 Å². The Morgan fingerprint density at radius 1 is 1.00 bits per heavy atom. The third-order valence-corrected chi connectivity index (χ3v) is 7.06. The van der Waals surface area contributed by atoms with Crippen LogP contribution in [0.25, 0.3) is 11.3 Å². The maximum atomic E-state index is 5.57. The van der Waals surface area contributed by atoms with Crippen molar-refractivity contribution in [3.8, 4) is 11.3 Å². The summed E-state index contributed by atoms with van der Waals surface area (Å²) in [4.78, 5) is 15.8. The molecule has 1 saturated carbocycles. The van der Waals surface area contributed by atoms with Crippen molar-refractivity contribution in [3.63, 3.8) is 0 Å². The van der Waals surface area contributed by atoms with Gasteiger partial charge >= 0.3 is 0 Å². The highest BCUT2D eigenvalue weighted by atomic mass is 32.1. The molecule has 2 aromatic heterocycles. The van der Waals surface area contributed by atoms with Crippen molar-refractivity contribution in [2.24, 2.45) is 0 Å². The lowest BCUT2D eigenvalue weighted by molar-refractivity contribution is 0.387. The van der Waals surface area contributed by atoms with Gasteiger partial charge in [0.1, 0.15) is 5.82 Å². The SMILES string of the molecule is CN(C)c1nc(NC2CCC(NC(=S)Nc3ccc(-c4cnco4)cc3)CC2)nc2c1CCCC2. The molecule has 3 aromatic rings. The predicted molar refractivity (Wildman–Crippen MR) is 144 cm³/mol. The number of oxazole rings is 1. The van der Waals surface area contributed by atoms with Crippen molar-refractivity contribution in [2.45, 2.75) is 63.5 Å². The molecule has 5 rings (SSSR count). The van der Waals surface area contributed by atoms with E-state index in [0.29, 0.717) is 17.2 Å². The van der Waals surface area contributed by atoms with Gasteiger partial charge in [-0.05, 0) is 87.8 Å². The normalized spacial score (nSPS) is 19.5. The summed E-state index contributed by atoms with van der Waals surface area (Å²) in [5.41, 5.74) is 4.48. The van der Waals surface area contributed by atoms with Crippen LogP contribution in [-0.4, -0.2) is 46.2 Å². The van der Waals surface area contributed by atoms with E-state index >= 15 is 0 Å². The van der Waals surface area contributed by atoms with Gasteiger partial charge in [0.2, 0.25) is 5.95 Å². The van der Waals surface area contributed by atoms with E-state index in [-0.39, 0.29) is 0 Å². The fourth-order valence-electron chi connectivity index (χ4n) is 5.00. The third-order valence-electron chi connectivity index (χ3n) is 6.84. The molecule has 0 amide bonds. The lowest BCUT2D eigenvalue weighted by Crippen LogP contribution is -2.42. The third kappa shape index (κ3) is 5.73. The van der Waals surface area contributed by atoms with E-state index < -0.39 is 0 Å². The second kappa shape index (κ2) is 10.6. The van der Waals surface area contributed by atoms with Crippen LogP contribution in [0.3, 0.4) is 0 Å². The monoisotopic (exact) mass is 491 g/mol. The van der Waals surface area contributed by atoms with Gasteiger partial charge in [0.05, 0.1) is 11.9 Å². The van der Waals surface area contributed by atoms with Gasteiger partial charge in [0, 0.05) is 43.0 Å². The fraction of sp³-hybridized carbons (Fsp3) is 0.462. The van der Waals surface area contributed by atoms with Crippen molar-refractivity contribution >= 4 is 34.8 Å². The van der Waals surface area contributed by atoms with Gasteiger partial charge in [-0.15, -0.1) is 0 Å². The molecule has 1 fully saturated rings. The Balaban J connectivity index is 1.11. The highest BCUT2D eigenvalue weighted by Gasteiger charge is 2.24. The average Bonchev–Trinajstić information content (AvgIpc) is 3.40. The van der Waals surface area contributed by atoms with Gasteiger partial charge in [0.15, 0.2) is 17.3 Å². The quantitative estimate of drug-likeness (QED) is 0.421. The number of anilines is 3. The van der Waals surface area contributed by atoms with Crippen molar-refractivity contribution in [1.82, 2.24) is 20.3 Å². The van der Waals surface area contributed by atoms with Crippen LogP contribution in [0.4, 0.5) is 17.5 Å². The lowest BCUT2D eigenvalue weighted by atomic mass is 9.91. The molecule has 9 heteroatoms. The van der Waals surface area contributed by atoms with Crippen molar-refractivity contribution in [3.05, 3.63) is 48.1 Å². The number of aryl methyl sites for hydroxylation is 1. The Hall–Kier alpha value is -3.20. The first-order valence-corrected chi connectivity index (χ1v) is 12.9. The number of nitrogens with zero attached hydrogens (tertiary/aromatic N) is 4. The number of nitrogens with one attached hydrogen (secondary N) is 3. The van der Waals surface area contributed by atoms with Crippen LogP contribution >= 0.6 is 12.2 Å². The maximum absolute atomic E-state index is 5.57. The van der Waals surface area contributed by atoms with Crippen molar-refractivity contribution in [1.29, 1.82) is 0 Å². The minimum atomic E-state index is 0.364. The first-order chi connectivity index (χ1) is 17.0. The molecule has 2 aliphatic rings. The summed E-state index contributed by atoms with van der Waals surface area (Å²) in [5.74, 6) is 2.59. The summed E-state index contributed by atoms with van der Waals surface area (Å²) in [6.45, 7) is 0. The molecule has 0 spiro atoms. The Bertz CT molecular complexity index is 1140. The average molecular weight is 492 g/mol. The summed E-state index contributed by atoms with van der Waals surface area (Å²) in [5, 5.41) is 11.1. The number of hydrogen-bond donors (Lipinski definition) is 3. The van der Waals surface area contributed by atoms with Crippen LogP contribution in [0.2, 0.25) is 0 Å². The summed E-state index contributed by atoms with van der Waals surface area (Å²) in [6, 6.07) is 8.72. The first-order valence-electron chi connectivity index (χ1n) is 12.5. The molecular formula is C26H33N7OS. The minimum Gasteiger partial charge on any atom is -0.444 e. The van der Waals surface area contributed by atoms with Gasteiger partial charge < -0.3 is 25.3 Å². The van der Waals surface area contributed by atoms with E-state index in [9.17, 15) is 0 Å². The molecule has 3 N–H and O–H groups in total. The number of fused-ring (bicyclic) bond motifs is 1. The molecule has 0 radical (unpaired) electrons. The zero-order chi connectivity index (χ0) is 24.2. The number of aromatic nitrogens is 3. The molecule has 1 aromatic carbocycles. The minimum absolute atomic E-state index is 0.364. The largest absolute Gasteiger partial charge is 0.444 e. The van der Waals surface area contributed by atoms with Gasteiger partial charge in [-0.25, -0.2) is 9.97 Å². The zero-order valence-corrected chi connectivity index (χ0v) is 21.2. The summed E-state index contributed by atoms with van der Waals surface area (Å²) >= 11 is 5.57. The Morgan fingerprint density at radius 2 is 1.74 bits per heavy atom. The predicted octanol–water partition coefficient (Wildman–Crippen LogP) is 4.79. The van der Waals surface area contributed by atoms with Crippen LogP contribution in [0.1, 0.15) is 49.8 Å². The topological polar surface area (TPSA) is 91.1 Å². The standard InChI is InChI=1S/C26H33N7OS/c1-33(2)24-21-5-3-4-6-22(21)31-25(32-24)28-18-11-13-20(14-12-18)30-26(35)29-19-9-7-17(8-10-19)23-15-27-16-34-23/h7-10,15-16,18,20H,3-6,11-14H2,1-2H3,(H,28,31,32)(H2,29,30,35). The molecule has 35 heavy (non-hydrogen) atoms. The molecule has 2 heterocycles. The van der Waals surface area contributed by atoms with Crippen LogP contribution in [-0.2, 0) is 12.8 Å². The van der Waals surface area contributed by atoms with Crippen LogP contribution in [0.5, 0.6) is 0 Å². The molecule has 0 aliphatic heterocycles. The zero-order valence-electron chi connectivity index (χ0n) is 20.4. The van der Waals surface area contributed by atoms with E-state index in [0.717, 1.165) is 67.3 Å². The second-order valence-corrected chi connectivity index (χ2v) is 10.0. The molecule has 8 nitrogen and oxygen atoms in total. The number of thiocarbonyl (C=S) groups is 1. The van der Waals surface area contributed by atoms with E-state index in [4.69, 9.17) is 26.6 Å². The van der Waals surface area contributed by atoms with Crippen molar-refractivity contribution in [2.75, 3.05) is 29.6 Å². The number of benzene rings is 1. The highest BCUT2D eigenvalue weighted by molar-refractivity contribution is 7.80. The van der Waals surface area contributed by atoms with Gasteiger partial charge in [-0.2, -0.15) is 4.98 Å². The summed E-state index contributed by atoms with van der Waals surface area (Å²) in [7, 11) is 4.14. The van der Waals surface area contributed by atoms with Crippen LogP contribution in [0, 0.1) is 0 Å². The Morgan fingerprint density at radius 3 is 2.46 bits per heavy atom. The molecule has 0 atom stereocenters. The van der Waals surface area contributed by atoms with Crippen LogP contribution in [0.15, 0.2) is 41.3 Å². The molecule has 184 valence electrons. The molecule has 2 aliphatic carbocycles. The summed E-state index contributed by atoms with van der Waals surface area (Å²) < 4.78 is 5.34. The summed E-state index contributed by atoms with van der Waals surface area (Å²) in [6.07, 6.45) is 11.9. The van der Waals surface area contributed by atoms with E-state index in [1.54, 1.807) is 6.20 Å². The first kappa shape index (κ1) is 23.5. The lowest BCUT2D eigenvalue weighted by Gasteiger charge is -2.31. The fourth-order valence-corrected chi connectivity index (χ4v) is 5.29. The Labute approximate surface area is 211 Å². The van der Waals surface area contributed by atoms with E-state index in [1.807, 2.05) is 24.3 Å². The smallest absolute Gasteiger partial charge is 0.225 e. The van der Waals surface area contributed by atoms with Crippen LogP contribution < -0.4 is 20.9 Å². The highest BCUT2D eigenvalue weighted by Crippen LogP contribution is 2.29.